The maximum absolute atomic E-state index is 12.4. The van der Waals surface area contributed by atoms with Gasteiger partial charge in [-0.05, 0) is 48.5 Å². The average Bonchev–Trinajstić information content (AvgIpc) is 2.68. The maximum Gasteiger partial charge on any atom is 0.193 e. The molecule has 0 bridgehead atoms. The molecule has 1 N–H and O–H groups in total. The molecule has 6 heteroatoms. The topological polar surface area (TPSA) is 59.0 Å². The number of ether oxygens (including phenoxy) is 2. The van der Waals surface area contributed by atoms with Crippen molar-refractivity contribution in [1.82, 2.24) is 4.90 Å². The second-order valence-electron chi connectivity index (χ2n) is 6.24. The van der Waals surface area contributed by atoms with Crippen molar-refractivity contribution in [3.63, 3.8) is 0 Å². The molecule has 2 aromatic rings. The van der Waals surface area contributed by atoms with Crippen molar-refractivity contribution in [3.05, 3.63) is 64.7 Å². The largest absolute Gasteiger partial charge is 0.491 e. The number of rotatable bonds is 7. The molecule has 2 aromatic carbocycles. The highest BCUT2D eigenvalue weighted by Gasteiger charge is 2.15. The first-order valence-electron chi connectivity index (χ1n) is 8.63. The summed E-state index contributed by atoms with van der Waals surface area (Å²) in [6, 6.07) is 13.7. The number of ketones is 1. The van der Waals surface area contributed by atoms with Crippen LogP contribution in [0, 0.1) is 0 Å². The Morgan fingerprint density at radius 2 is 1.65 bits per heavy atom. The van der Waals surface area contributed by atoms with Gasteiger partial charge in [0.05, 0.1) is 13.2 Å². The number of carbonyl (C=O) groups is 1. The lowest BCUT2D eigenvalue weighted by Gasteiger charge is -2.28. The molecule has 1 heterocycles. The highest BCUT2D eigenvalue weighted by molar-refractivity contribution is 6.30. The second kappa shape index (κ2) is 9.14. The summed E-state index contributed by atoms with van der Waals surface area (Å²) in [5, 5.41) is 10.7. The average molecular weight is 376 g/mol. The Bertz CT molecular complexity index is 712. The Balaban J connectivity index is 1.50. The fraction of sp³-hybridized carbons (Fsp3) is 0.350. The standard InChI is InChI=1S/C20H22ClNO4/c21-17-5-1-15(2-6-17)20(24)16-3-7-19(8-4-16)26-14-18(23)13-22-9-11-25-12-10-22/h1-8,18,23H,9-14H2/t18-/m1/s1. The number of hydrogen-bond donors (Lipinski definition) is 1. The van der Waals surface area contributed by atoms with Gasteiger partial charge < -0.3 is 14.6 Å². The number of β-amino-alcohol motifs (C(OH)–C–C–N with tert-alkyl or cyclic N) is 1. The summed E-state index contributed by atoms with van der Waals surface area (Å²) in [5.74, 6) is 0.555. The van der Waals surface area contributed by atoms with Crippen LogP contribution in [0.3, 0.4) is 0 Å². The Kier molecular flexibility index (Phi) is 6.63. The molecule has 0 spiro atoms. The van der Waals surface area contributed by atoms with E-state index in [0.717, 1.165) is 13.1 Å². The van der Waals surface area contributed by atoms with Crippen LogP contribution in [-0.2, 0) is 4.74 Å². The van der Waals surface area contributed by atoms with E-state index in [-0.39, 0.29) is 12.4 Å². The van der Waals surface area contributed by atoms with Crippen LogP contribution >= 0.6 is 11.6 Å². The fourth-order valence-corrected chi connectivity index (χ4v) is 2.92. The highest BCUT2D eigenvalue weighted by Crippen LogP contribution is 2.17. The third-order valence-corrected chi connectivity index (χ3v) is 4.49. The Morgan fingerprint density at radius 3 is 2.27 bits per heavy atom. The maximum atomic E-state index is 12.4. The molecular weight excluding hydrogens is 354 g/mol. The molecule has 1 saturated heterocycles. The van der Waals surface area contributed by atoms with Crippen LogP contribution in [-0.4, -0.2) is 61.3 Å². The van der Waals surface area contributed by atoms with E-state index in [0.29, 0.717) is 41.7 Å². The van der Waals surface area contributed by atoms with Crippen molar-refractivity contribution in [2.75, 3.05) is 39.5 Å². The number of nitrogens with zero attached hydrogens (tertiary/aromatic N) is 1. The Labute approximate surface area is 158 Å². The van der Waals surface area contributed by atoms with Gasteiger partial charge in [-0.1, -0.05) is 11.6 Å². The molecule has 0 unspecified atom stereocenters. The van der Waals surface area contributed by atoms with E-state index >= 15 is 0 Å². The molecule has 0 aliphatic carbocycles. The molecule has 0 aromatic heterocycles. The SMILES string of the molecule is O=C(c1ccc(Cl)cc1)c1ccc(OC[C@H](O)CN2CCOCC2)cc1. The van der Waals surface area contributed by atoms with Gasteiger partial charge in [-0.2, -0.15) is 0 Å². The minimum absolute atomic E-state index is 0.0689. The van der Waals surface area contributed by atoms with Gasteiger partial charge in [0.1, 0.15) is 18.5 Å². The summed E-state index contributed by atoms with van der Waals surface area (Å²) < 4.78 is 10.9. The fourth-order valence-electron chi connectivity index (χ4n) is 2.80. The number of aliphatic hydroxyl groups is 1. The number of hydrogen-bond acceptors (Lipinski definition) is 5. The van der Waals surface area contributed by atoms with Crippen molar-refractivity contribution >= 4 is 17.4 Å². The first-order valence-corrected chi connectivity index (χ1v) is 9.01. The molecule has 0 saturated carbocycles. The van der Waals surface area contributed by atoms with E-state index < -0.39 is 6.10 Å². The Morgan fingerprint density at radius 1 is 1.08 bits per heavy atom. The molecular formula is C20H22ClNO4. The van der Waals surface area contributed by atoms with E-state index in [4.69, 9.17) is 21.1 Å². The highest BCUT2D eigenvalue weighted by atomic mass is 35.5. The van der Waals surface area contributed by atoms with Crippen LogP contribution in [0.2, 0.25) is 5.02 Å². The molecule has 1 atom stereocenters. The third kappa shape index (κ3) is 5.29. The van der Waals surface area contributed by atoms with Crippen molar-refractivity contribution in [2.24, 2.45) is 0 Å². The summed E-state index contributed by atoms with van der Waals surface area (Å²) in [4.78, 5) is 14.6. The summed E-state index contributed by atoms with van der Waals surface area (Å²) in [7, 11) is 0. The number of carbonyl (C=O) groups excluding carboxylic acids is 1. The van der Waals surface area contributed by atoms with Crippen LogP contribution in [0.4, 0.5) is 0 Å². The van der Waals surface area contributed by atoms with Crippen LogP contribution in [0.25, 0.3) is 0 Å². The molecule has 0 amide bonds. The summed E-state index contributed by atoms with van der Waals surface area (Å²) in [6.45, 7) is 3.85. The van der Waals surface area contributed by atoms with Gasteiger partial charge in [0.25, 0.3) is 0 Å². The zero-order chi connectivity index (χ0) is 18.4. The lowest BCUT2D eigenvalue weighted by molar-refractivity contribution is 0.00465. The summed E-state index contributed by atoms with van der Waals surface area (Å²) in [6.07, 6.45) is -0.566. The van der Waals surface area contributed by atoms with E-state index in [1.165, 1.54) is 0 Å². The van der Waals surface area contributed by atoms with Gasteiger partial charge >= 0.3 is 0 Å². The molecule has 0 radical (unpaired) electrons. The zero-order valence-corrected chi connectivity index (χ0v) is 15.2. The molecule has 1 aliphatic rings. The molecule has 138 valence electrons. The zero-order valence-electron chi connectivity index (χ0n) is 14.4. The molecule has 3 rings (SSSR count). The minimum Gasteiger partial charge on any atom is -0.491 e. The van der Waals surface area contributed by atoms with Crippen molar-refractivity contribution in [1.29, 1.82) is 0 Å². The second-order valence-corrected chi connectivity index (χ2v) is 6.67. The van der Waals surface area contributed by atoms with Gasteiger partial charge in [0.15, 0.2) is 5.78 Å². The van der Waals surface area contributed by atoms with Crippen molar-refractivity contribution in [2.45, 2.75) is 6.10 Å². The van der Waals surface area contributed by atoms with Crippen molar-refractivity contribution < 1.29 is 19.4 Å². The molecule has 5 nitrogen and oxygen atoms in total. The van der Waals surface area contributed by atoms with Gasteiger partial charge in [-0.3, -0.25) is 9.69 Å². The smallest absolute Gasteiger partial charge is 0.193 e. The number of benzene rings is 2. The van der Waals surface area contributed by atoms with Gasteiger partial charge in [0.2, 0.25) is 0 Å². The number of halogens is 1. The quantitative estimate of drug-likeness (QED) is 0.754. The van der Waals surface area contributed by atoms with Crippen LogP contribution < -0.4 is 4.74 Å². The predicted octanol–water partition coefficient (Wildman–Crippen LogP) is 2.64. The van der Waals surface area contributed by atoms with Crippen molar-refractivity contribution in [3.8, 4) is 5.75 Å². The van der Waals surface area contributed by atoms with Gasteiger partial charge in [0, 0.05) is 35.8 Å². The predicted molar refractivity (Wildman–Crippen MR) is 100 cm³/mol. The summed E-state index contributed by atoms with van der Waals surface area (Å²) in [5.41, 5.74) is 1.16. The monoisotopic (exact) mass is 375 g/mol. The van der Waals surface area contributed by atoms with Crippen LogP contribution in [0.15, 0.2) is 48.5 Å². The van der Waals surface area contributed by atoms with Gasteiger partial charge in [-0.25, -0.2) is 0 Å². The van der Waals surface area contributed by atoms with Gasteiger partial charge in [-0.15, -0.1) is 0 Å². The third-order valence-electron chi connectivity index (χ3n) is 4.24. The van der Waals surface area contributed by atoms with E-state index in [9.17, 15) is 9.90 Å². The lowest BCUT2D eigenvalue weighted by Crippen LogP contribution is -2.42. The van der Waals surface area contributed by atoms with E-state index in [1.54, 1.807) is 48.5 Å². The van der Waals surface area contributed by atoms with E-state index in [2.05, 4.69) is 4.90 Å². The van der Waals surface area contributed by atoms with E-state index in [1.807, 2.05) is 0 Å². The molecule has 26 heavy (non-hydrogen) atoms. The minimum atomic E-state index is -0.566. The molecule has 1 aliphatic heterocycles. The first kappa shape index (κ1) is 18.9. The van der Waals surface area contributed by atoms with Crippen LogP contribution in [0.5, 0.6) is 5.75 Å². The molecule has 1 fully saturated rings. The number of aliphatic hydroxyl groups excluding tert-OH is 1. The lowest BCUT2D eigenvalue weighted by atomic mass is 10.0. The summed E-state index contributed by atoms with van der Waals surface area (Å²) >= 11 is 5.85. The first-order chi connectivity index (χ1) is 12.6. The number of morpholine rings is 1. The normalized spacial score (nSPS) is 16.2. The van der Waals surface area contributed by atoms with Crippen LogP contribution in [0.1, 0.15) is 15.9 Å². The Hall–Kier alpha value is -1.92.